The molecular weight excluding hydrogens is 330 g/mol. The van der Waals surface area contributed by atoms with E-state index < -0.39 is 0 Å². The zero-order valence-electron chi connectivity index (χ0n) is 15.4. The molecule has 7 nitrogen and oxygen atoms in total. The number of aromatic nitrogens is 3. The Labute approximate surface area is 153 Å². The molecule has 2 N–H and O–H groups in total. The van der Waals surface area contributed by atoms with Gasteiger partial charge in [0.15, 0.2) is 5.82 Å². The summed E-state index contributed by atoms with van der Waals surface area (Å²) in [7, 11) is 0. The predicted molar refractivity (Wildman–Crippen MR) is 99.4 cm³/mol. The van der Waals surface area contributed by atoms with Crippen molar-refractivity contribution in [1.82, 2.24) is 19.9 Å². The average molecular weight is 355 g/mol. The number of carbonyl (C=O) groups excluding carboxylic acids is 1. The summed E-state index contributed by atoms with van der Waals surface area (Å²) in [6, 6.07) is 3.66. The minimum Gasteiger partial charge on any atom is -0.394 e. The molecule has 0 bridgehead atoms. The summed E-state index contributed by atoms with van der Waals surface area (Å²) in [5.41, 5.74) is 2.70. The number of aliphatic hydroxyl groups is 1. The summed E-state index contributed by atoms with van der Waals surface area (Å²) in [5, 5.41) is 13.1. The number of hydrogen-bond donors (Lipinski definition) is 2. The van der Waals surface area contributed by atoms with Gasteiger partial charge in [-0.05, 0) is 24.5 Å². The highest BCUT2D eigenvalue weighted by Gasteiger charge is 2.25. The van der Waals surface area contributed by atoms with E-state index in [1.165, 1.54) is 0 Å². The first-order chi connectivity index (χ1) is 12.5. The molecule has 1 amide bonds. The highest BCUT2D eigenvalue weighted by molar-refractivity contribution is 5.74. The lowest BCUT2D eigenvalue weighted by atomic mass is 10.0. The van der Waals surface area contributed by atoms with Crippen molar-refractivity contribution in [2.24, 2.45) is 5.92 Å². The van der Waals surface area contributed by atoms with Crippen LogP contribution in [-0.4, -0.2) is 50.1 Å². The van der Waals surface area contributed by atoms with Crippen molar-refractivity contribution in [1.29, 1.82) is 0 Å². The topological polar surface area (TPSA) is 91.2 Å². The predicted octanol–water partition coefficient (Wildman–Crippen LogP) is 1.87. The van der Waals surface area contributed by atoms with E-state index in [-0.39, 0.29) is 24.5 Å². The molecule has 1 aliphatic heterocycles. The molecule has 2 aromatic heterocycles. The largest absolute Gasteiger partial charge is 0.394 e. The minimum atomic E-state index is -0.0958. The number of hydrogen-bond acceptors (Lipinski definition) is 6. The van der Waals surface area contributed by atoms with Crippen LogP contribution in [0.25, 0.3) is 11.4 Å². The third-order valence-corrected chi connectivity index (χ3v) is 4.75. The second kappa shape index (κ2) is 7.78. The van der Waals surface area contributed by atoms with E-state index in [1.54, 1.807) is 24.2 Å². The van der Waals surface area contributed by atoms with E-state index >= 15 is 0 Å². The van der Waals surface area contributed by atoms with Gasteiger partial charge in [-0.25, -0.2) is 9.97 Å². The van der Waals surface area contributed by atoms with Crippen LogP contribution < -0.4 is 5.32 Å². The van der Waals surface area contributed by atoms with Gasteiger partial charge >= 0.3 is 0 Å². The lowest BCUT2D eigenvalue weighted by Crippen LogP contribution is -2.37. The van der Waals surface area contributed by atoms with Crippen molar-refractivity contribution >= 4 is 11.7 Å². The number of aliphatic hydroxyl groups excluding tert-OH is 1. The first-order valence-electron chi connectivity index (χ1n) is 8.92. The van der Waals surface area contributed by atoms with Gasteiger partial charge in [-0.3, -0.25) is 9.78 Å². The summed E-state index contributed by atoms with van der Waals surface area (Å²) in [4.78, 5) is 27.1. The Balaban J connectivity index is 2.04. The molecule has 1 aliphatic rings. The van der Waals surface area contributed by atoms with Crippen LogP contribution in [0.3, 0.4) is 0 Å². The molecule has 0 spiro atoms. The van der Waals surface area contributed by atoms with E-state index in [1.807, 2.05) is 12.1 Å². The summed E-state index contributed by atoms with van der Waals surface area (Å²) < 4.78 is 0. The van der Waals surface area contributed by atoms with Crippen LogP contribution in [0.5, 0.6) is 0 Å². The molecule has 2 aromatic rings. The number of anilines is 1. The number of nitrogens with one attached hydrogen (secondary N) is 1. The Morgan fingerprint density at radius 1 is 1.38 bits per heavy atom. The van der Waals surface area contributed by atoms with Gasteiger partial charge in [-0.15, -0.1) is 0 Å². The summed E-state index contributed by atoms with van der Waals surface area (Å²) in [6.07, 6.45) is 4.13. The van der Waals surface area contributed by atoms with Crippen molar-refractivity contribution in [3.63, 3.8) is 0 Å². The van der Waals surface area contributed by atoms with E-state index in [2.05, 4.69) is 24.1 Å². The normalized spacial score (nSPS) is 14.9. The van der Waals surface area contributed by atoms with Crippen LogP contribution in [-0.2, 0) is 17.8 Å². The molecule has 3 heterocycles. The number of carbonyl (C=O) groups is 1. The molecule has 0 radical (unpaired) electrons. The Morgan fingerprint density at radius 3 is 2.81 bits per heavy atom. The SMILES string of the molecule is CC(=O)N1CCc2c(nc(-c3cccnc3)nc2NC(CO)C(C)C)C1. The minimum absolute atomic E-state index is 0.0260. The Kier molecular flexibility index (Phi) is 5.46. The van der Waals surface area contributed by atoms with Crippen LogP contribution in [0.2, 0.25) is 0 Å². The van der Waals surface area contributed by atoms with Crippen molar-refractivity contribution in [2.45, 2.75) is 39.8 Å². The van der Waals surface area contributed by atoms with Crippen LogP contribution in [0, 0.1) is 5.92 Å². The van der Waals surface area contributed by atoms with E-state index in [0.29, 0.717) is 25.3 Å². The molecule has 0 saturated heterocycles. The molecule has 0 saturated carbocycles. The first kappa shape index (κ1) is 18.3. The molecule has 0 aliphatic carbocycles. The van der Waals surface area contributed by atoms with Crippen LogP contribution in [0.4, 0.5) is 5.82 Å². The smallest absolute Gasteiger partial charge is 0.219 e. The fraction of sp³-hybridized carbons (Fsp3) is 0.474. The molecular formula is C19H25N5O2. The highest BCUT2D eigenvalue weighted by Crippen LogP contribution is 2.28. The zero-order valence-corrected chi connectivity index (χ0v) is 15.4. The first-order valence-corrected chi connectivity index (χ1v) is 8.92. The average Bonchev–Trinajstić information content (AvgIpc) is 2.65. The number of rotatable bonds is 5. The summed E-state index contributed by atoms with van der Waals surface area (Å²) >= 11 is 0. The number of pyridine rings is 1. The maximum atomic E-state index is 11.8. The van der Waals surface area contributed by atoms with Crippen molar-refractivity contribution in [3.05, 3.63) is 35.8 Å². The summed E-state index contributed by atoms with van der Waals surface area (Å²) in [6.45, 7) is 6.84. The second-order valence-electron chi connectivity index (χ2n) is 6.93. The summed E-state index contributed by atoms with van der Waals surface area (Å²) in [5.74, 6) is 1.61. The molecule has 1 unspecified atom stereocenters. The Bertz CT molecular complexity index is 779. The fourth-order valence-electron chi connectivity index (χ4n) is 3.04. The molecule has 0 aromatic carbocycles. The molecule has 138 valence electrons. The molecule has 0 fully saturated rings. The van der Waals surface area contributed by atoms with Gasteiger partial charge in [0, 0.05) is 37.0 Å². The maximum absolute atomic E-state index is 11.8. The zero-order chi connectivity index (χ0) is 18.7. The molecule has 1 atom stereocenters. The Hall–Kier alpha value is -2.54. The third-order valence-electron chi connectivity index (χ3n) is 4.75. The van der Waals surface area contributed by atoms with Gasteiger partial charge in [0.1, 0.15) is 5.82 Å². The lowest BCUT2D eigenvalue weighted by molar-refractivity contribution is -0.129. The van der Waals surface area contributed by atoms with E-state index in [0.717, 1.165) is 22.6 Å². The highest BCUT2D eigenvalue weighted by atomic mass is 16.3. The van der Waals surface area contributed by atoms with Gasteiger partial charge in [0.05, 0.1) is 24.9 Å². The van der Waals surface area contributed by atoms with Gasteiger partial charge in [-0.1, -0.05) is 13.8 Å². The molecule has 7 heteroatoms. The van der Waals surface area contributed by atoms with Crippen molar-refractivity contribution in [2.75, 3.05) is 18.5 Å². The maximum Gasteiger partial charge on any atom is 0.219 e. The third kappa shape index (κ3) is 3.83. The van der Waals surface area contributed by atoms with Gasteiger partial charge < -0.3 is 15.3 Å². The molecule has 26 heavy (non-hydrogen) atoms. The number of nitrogens with zero attached hydrogens (tertiary/aromatic N) is 4. The van der Waals surface area contributed by atoms with Crippen LogP contribution in [0.1, 0.15) is 32.0 Å². The second-order valence-corrected chi connectivity index (χ2v) is 6.93. The standard InChI is InChI=1S/C19H25N5O2/c1-12(2)17(11-25)22-19-15-6-8-24(13(3)26)10-16(15)21-18(23-19)14-5-4-7-20-9-14/h4-5,7,9,12,17,25H,6,8,10-11H2,1-3H3,(H,21,22,23). The van der Waals surface area contributed by atoms with Crippen molar-refractivity contribution < 1.29 is 9.90 Å². The van der Waals surface area contributed by atoms with Gasteiger partial charge in [0.25, 0.3) is 0 Å². The number of fused-ring (bicyclic) bond motifs is 1. The van der Waals surface area contributed by atoms with E-state index in [9.17, 15) is 9.90 Å². The van der Waals surface area contributed by atoms with Crippen molar-refractivity contribution in [3.8, 4) is 11.4 Å². The fourth-order valence-corrected chi connectivity index (χ4v) is 3.04. The monoisotopic (exact) mass is 355 g/mol. The lowest BCUT2D eigenvalue weighted by Gasteiger charge is -2.30. The molecule has 3 rings (SSSR count). The van der Waals surface area contributed by atoms with Crippen LogP contribution in [0.15, 0.2) is 24.5 Å². The Morgan fingerprint density at radius 2 is 2.19 bits per heavy atom. The van der Waals surface area contributed by atoms with E-state index in [4.69, 9.17) is 9.97 Å². The van der Waals surface area contributed by atoms with Gasteiger partial charge in [-0.2, -0.15) is 0 Å². The number of amides is 1. The van der Waals surface area contributed by atoms with Crippen LogP contribution >= 0.6 is 0 Å². The quantitative estimate of drug-likeness (QED) is 0.851. The van der Waals surface area contributed by atoms with Gasteiger partial charge in [0.2, 0.25) is 5.91 Å².